The van der Waals surface area contributed by atoms with Crippen LogP contribution in [0.5, 0.6) is 5.75 Å². The number of aliphatic imine (C=N–C) groups is 1. The maximum Gasteiger partial charge on any atom is 0.191 e. The van der Waals surface area contributed by atoms with Crippen molar-refractivity contribution in [3.05, 3.63) is 29.8 Å². The molecule has 0 unspecified atom stereocenters. The van der Waals surface area contributed by atoms with E-state index in [1.54, 1.807) is 14.2 Å². The quantitative estimate of drug-likeness (QED) is 0.451. The Balaban J connectivity index is 2.32. The first-order valence-corrected chi connectivity index (χ1v) is 6.87. The highest BCUT2D eigenvalue weighted by Gasteiger charge is 1.98. The summed E-state index contributed by atoms with van der Waals surface area (Å²) in [6, 6.07) is 8.04. The molecular weight excluding hydrogens is 238 g/mol. The molecule has 0 fully saturated rings. The van der Waals surface area contributed by atoms with E-state index in [2.05, 4.69) is 34.7 Å². The lowest BCUT2D eigenvalue weighted by atomic mass is 10.2. The fraction of sp³-hybridized carbons (Fsp3) is 0.533. The molecule has 4 heteroatoms. The van der Waals surface area contributed by atoms with E-state index >= 15 is 0 Å². The van der Waals surface area contributed by atoms with E-state index in [4.69, 9.17) is 4.74 Å². The molecule has 0 aliphatic heterocycles. The molecule has 1 aromatic carbocycles. The van der Waals surface area contributed by atoms with Crippen molar-refractivity contribution in [2.75, 3.05) is 20.7 Å². The minimum atomic E-state index is 0.761. The highest BCUT2D eigenvalue weighted by Crippen LogP contribution is 2.10. The molecule has 0 saturated heterocycles. The van der Waals surface area contributed by atoms with Crippen LogP contribution >= 0.6 is 0 Å². The van der Waals surface area contributed by atoms with Crippen molar-refractivity contribution in [1.29, 1.82) is 0 Å². The van der Waals surface area contributed by atoms with Gasteiger partial charge in [-0.15, -0.1) is 0 Å². The molecule has 1 aromatic rings. The Morgan fingerprint density at radius 1 is 1.16 bits per heavy atom. The molecule has 0 aromatic heterocycles. The van der Waals surface area contributed by atoms with Gasteiger partial charge in [0.05, 0.1) is 7.11 Å². The van der Waals surface area contributed by atoms with Gasteiger partial charge in [0.15, 0.2) is 5.96 Å². The van der Waals surface area contributed by atoms with Crippen molar-refractivity contribution in [2.24, 2.45) is 4.99 Å². The second kappa shape index (κ2) is 9.25. The molecule has 0 aliphatic rings. The number of nitrogens with one attached hydrogen (secondary N) is 2. The van der Waals surface area contributed by atoms with Crippen LogP contribution in [0.1, 0.15) is 31.7 Å². The number of unbranched alkanes of at least 4 members (excludes halogenated alkanes) is 2. The number of guanidine groups is 1. The molecule has 2 N–H and O–H groups in total. The van der Waals surface area contributed by atoms with E-state index < -0.39 is 0 Å². The lowest BCUT2D eigenvalue weighted by Gasteiger charge is -2.12. The number of hydrogen-bond donors (Lipinski definition) is 2. The van der Waals surface area contributed by atoms with Crippen molar-refractivity contribution in [3.8, 4) is 5.75 Å². The predicted molar refractivity (Wildman–Crippen MR) is 80.7 cm³/mol. The van der Waals surface area contributed by atoms with E-state index in [0.29, 0.717) is 0 Å². The number of hydrogen-bond acceptors (Lipinski definition) is 2. The van der Waals surface area contributed by atoms with Gasteiger partial charge in [-0.05, 0) is 24.1 Å². The highest BCUT2D eigenvalue weighted by atomic mass is 16.5. The maximum absolute atomic E-state index is 5.14. The van der Waals surface area contributed by atoms with Crippen molar-refractivity contribution in [2.45, 2.75) is 32.7 Å². The smallest absolute Gasteiger partial charge is 0.191 e. The first-order chi connectivity index (χ1) is 9.30. The predicted octanol–water partition coefficient (Wildman–Crippen LogP) is 2.55. The SMILES string of the molecule is CCCCCNC(=NC)NCc1ccc(OC)cc1. The zero-order chi connectivity index (χ0) is 13.9. The number of ether oxygens (including phenoxy) is 1. The normalized spacial score (nSPS) is 11.2. The minimum Gasteiger partial charge on any atom is -0.497 e. The van der Waals surface area contributed by atoms with Crippen molar-refractivity contribution < 1.29 is 4.74 Å². The van der Waals surface area contributed by atoms with Gasteiger partial charge < -0.3 is 15.4 Å². The van der Waals surface area contributed by atoms with Gasteiger partial charge in [0, 0.05) is 20.1 Å². The number of nitrogens with zero attached hydrogens (tertiary/aromatic N) is 1. The number of rotatable bonds is 7. The third kappa shape index (κ3) is 6.13. The van der Waals surface area contributed by atoms with Gasteiger partial charge >= 0.3 is 0 Å². The molecule has 4 nitrogen and oxygen atoms in total. The standard InChI is InChI=1S/C15H25N3O/c1-4-5-6-11-17-15(16-2)18-12-13-7-9-14(19-3)10-8-13/h7-10H,4-6,11-12H2,1-3H3,(H2,16,17,18). The fourth-order valence-electron chi connectivity index (χ4n) is 1.73. The average Bonchev–Trinajstić information content (AvgIpc) is 2.47. The molecule has 0 amide bonds. The summed E-state index contributed by atoms with van der Waals surface area (Å²) in [5.74, 6) is 1.73. The van der Waals surface area contributed by atoms with Crippen LogP contribution in [-0.4, -0.2) is 26.7 Å². The first-order valence-electron chi connectivity index (χ1n) is 6.87. The van der Waals surface area contributed by atoms with Crippen LogP contribution in [0.2, 0.25) is 0 Å². The Labute approximate surface area is 116 Å². The topological polar surface area (TPSA) is 45.7 Å². The zero-order valence-electron chi connectivity index (χ0n) is 12.2. The van der Waals surface area contributed by atoms with Crippen LogP contribution in [0.4, 0.5) is 0 Å². The average molecular weight is 263 g/mol. The van der Waals surface area contributed by atoms with Crippen LogP contribution in [0, 0.1) is 0 Å². The van der Waals surface area contributed by atoms with Gasteiger partial charge in [-0.3, -0.25) is 4.99 Å². The van der Waals surface area contributed by atoms with Crippen LogP contribution in [0.15, 0.2) is 29.3 Å². The Morgan fingerprint density at radius 2 is 1.89 bits per heavy atom. The van der Waals surface area contributed by atoms with Gasteiger partial charge in [0.1, 0.15) is 5.75 Å². The largest absolute Gasteiger partial charge is 0.497 e. The second-order valence-corrected chi connectivity index (χ2v) is 4.41. The summed E-state index contributed by atoms with van der Waals surface area (Å²) in [6.45, 7) is 3.93. The van der Waals surface area contributed by atoms with Crippen LogP contribution in [0.3, 0.4) is 0 Å². The maximum atomic E-state index is 5.14. The van der Waals surface area contributed by atoms with Crippen LogP contribution in [0.25, 0.3) is 0 Å². The summed E-state index contributed by atoms with van der Waals surface area (Å²) < 4.78 is 5.14. The molecule has 1 rings (SSSR count). The van der Waals surface area contributed by atoms with Gasteiger partial charge in [0.25, 0.3) is 0 Å². The molecule has 0 atom stereocenters. The van der Waals surface area contributed by atoms with Crippen molar-refractivity contribution >= 4 is 5.96 Å². The molecule has 0 aliphatic carbocycles. The van der Waals surface area contributed by atoms with Crippen molar-refractivity contribution in [1.82, 2.24) is 10.6 Å². The van der Waals surface area contributed by atoms with Crippen LogP contribution < -0.4 is 15.4 Å². The number of methoxy groups -OCH3 is 1. The Morgan fingerprint density at radius 3 is 2.47 bits per heavy atom. The molecule has 19 heavy (non-hydrogen) atoms. The third-order valence-electron chi connectivity index (χ3n) is 2.92. The van der Waals surface area contributed by atoms with Crippen LogP contribution in [-0.2, 0) is 6.54 Å². The molecule has 0 spiro atoms. The summed E-state index contributed by atoms with van der Waals surface area (Å²) >= 11 is 0. The van der Waals surface area contributed by atoms with E-state index in [-0.39, 0.29) is 0 Å². The van der Waals surface area contributed by atoms with Crippen molar-refractivity contribution in [3.63, 3.8) is 0 Å². The van der Waals surface area contributed by atoms with E-state index in [1.807, 2.05) is 12.1 Å². The Kier molecular flexibility index (Phi) is 7.47. The van der Waals surface area contributed by atoms with E-state index in [0.717, 1.165) is 24.8 Å². The fourth-order valence-corrected chi connectivity index (χ4v) is 1.73. The molecule has 0 heterocycles. The molecule has 0 bridgehead atoms. The highest BCUT2D eigenvalue weighted by molar-refractivity contribution is 5.79. The van der Waals surface area contributed by atoms with Gasteiger partial charge in [-0.2, -0.15) is 0 Å². The summed E-state index contributed by atoms with van der Waals surface area (Å²) in [6.07, 6.45) is 3.67. The molecule has 106 valence electrons. The summed E-state index contributed by atoms with van der Waals surface area (Å²) in [7, 11) is 3.47. The monoisotopic (exact) mass is 263 g/mol. The van der Waals surface area contributed by atoms with Gasteiger partial charge in [-0.1, -0.05) is 31.9 Å². The minimum absolute atomic E-state index is 0.761. The first kappa shape index (κ1) is 15.3. The third-order valence-corrected chi connectivity index (χ3v) is 2.92. The second-order valence-electron chi connectivity index (χ2n) is 4.41. The summed E-state index contributed by atoms with van der Waals surface area (Å²) in [5.41, 5.74) is 1.21. The lowest BCUT2D eigenvalue weighted by Crippen LogP contribution is -2.37. The lowest BCUT2D eigenvalue weighted by molar-refractivity contribution is 0.414. The molecular formula is C15H25N3O. The van der Waals surface area contributed by atoms with Gasteiger partial charge in [-0.25, -0.2) is 0 Å². The number of benzene rings is 1. The summed E-state index contributed by atoms with van der Waals surface area (Å²) in [5, 5.41) is 6.61. The van der Waals surface area contributed by atoms with E-state index in [9.17, 15) is 0 Å². The summed E-state index contributed by atoms with van der Waals surface area (Å²) in [4.78, 5) is 4.20. The Hall–Kier alpha value is -1.71. The van der Waals surface area contributed by atoms with E-state index in [1.165, 1.54) is 24.8 Å². The molecule has 0 radical (unpaired) electrons. The Bertz CT molecular complexity index is 373. The zero-order valence-corrected chi connectivity index (χ0v) is 12.2. The van der Waals surface area contributed by atoms with Gasteiger partial charge in [0.2, 0.25) is 0 Å². The molecule has 0 saturated carbocycles.